The summed E-state index contributed by atoms with van der Waals surface area (Å²) in [5.74, 6) is -1.03. The van der Waals surface area contributed by atoms with Gasteiger partial charge < -0.3 is 9.69 Å². The summed E-state index contributed by atoms with van der Waals surface area (Å²) < 4.78 is 134. The molecular weight excluding hydrogens is 785 g/mol. The van der Waals surface area contributed by atoms with Crippen LogP contribution in [-0.2, 0) is 56.1 Å². The second kappa shape index (κ2) is 16.3. The fourth-order valence-electron chi connectivity index (χ4n) is 7.13. The van der Waals surface area contributed by atoms with Crippen LogP contribution < -0.4 is 4.90 Å². The highest BCUT2D eigenvalue weighted by Gasteiger charge is 2.45. The van der Waals surface area contributed by atoms with Crippen molar-refractivity contribution in [3.05, 3.63) is 83.6 Å². The molecule has 0 bridgehead atoms. The molecule has 0 saturated heterocycles. The van der Waals surface area contributed by atoms with E-state index < -0.39 is 62.8 Å². The Morgan fingerprint density at radius 1 is 0.722 bits per heavy atom. The van der Waals surface area contributed by atoms with Gasteiger partial charge in [0, 0.05) is 53.9 Å². The standard InChI is InChI=1S/C35H44N2O13S4/c1-34(2)28-24-26(53(45,46)47)14-16-30(28)36(19-10-22-51(39,40)41)32(34)12-6-4-7-13-33-35(3,18-8-5-9-21-38)29-25-27(54(48,49)50)15-17-31(29)37(33)20-11-23-52(42,43)44/h4,6-7,12-17,21,24-25H,5,8-11,18-20,22-23H2,1-3H3,(H3-,39,40,41,42,43,44,45,46,47,48,49,50)/p+1. The number of hydrogen-bond donors (Lipinski definition) is 4. The van der Waals surface area contributed by atoms with E-state index in [4.69, 9.17) is 0 Å². The lowest BCUT2D eigenvalue weighted by atomic mass is 9.77. The van der Waals surface area contributed by atoms with Crippen molar-refractivity contribution in [1.29, 1.82) is 0 Å². The van der Waals surface area contributed by atoms with Crippen LogP contribution in [0.2, 0.25) is 0 Å². The topological polar surface area (TPSA) is 241 Å². The van der Waals surface area contributed by atoms with Gasteiger partial charge in [-0.15, -0.1) is 0 Å². The Hall–Kier alpha value is -3.56. The summed E-state index contributed by atoms with van der Waals surface area (Å²) >= 11 is 0. The van der Waals surface area contributed by atoms with E-state index in [0.29, 0.717) is 59.6 Å². The molecule has 2 aliphatic heterocycles. The van der Waals surface area contributed by atoms with E-state index in [-0.39, 0.29) is 35.7 Å². The minimum atomic E-state index is -4.57. The number of unbranched alkanes of at least 4 members (excludes halogenated alkanes) is 2. The summed E-state index contributed by atoms with van der Waals surface area (Å²) in [5.41, 5.74) is 1.95. The number of allylic oxidation sites excluding steroid dienone is 6. The normalized spacial score (nSPS) is 19.7. The zero-order chi connectivity index (χ0) is 40.3. The molecule has 296 valence electrons. The third-order valence-corrected chi connectivity index (χ3v) is 13.0. The van der Waals surface area contributed by atoms with Crippen LogP contribution >= 0.6 is 0 Å². The minimum Gasteiger partial charge on any atom is -0.344 e. The number of carbonyl (C=O) groups excluding carboxylic acids is 1. The molecule has 2 aliphatic rings. The van der Waals surface area contributed by atoms with Crippen LogP contribution in [0.15, 0.2) is 82.3 Å². The first kappa shape index (κ1) is 43.2. The number of anilines is 1. The van der Waals surface area contributed by atoms with Gasteiger partial charge in [-0.1, -0.05) is 24.6 Å². The Morgan fingerprint density at radius 2 is 1.31 bits per heavy atom. The second-order valence-electron chi connectivity index (χ2n) is 13.9. The van der Waals surface area contributed by atoms with Crippen molar-refractivity contribution in [3.8, 4) is 0 Å². The molecule has 0 aliphatic carbocycles. The quantitative estimate of drug-likeness (QED) is 0.0526. The largest absolute Gasteiger partial charge is 0.344 e. The number of benzene rings is 2. The molecule has 0 aromatic heterocycles. The second-order valence-corrected chi connectivity index (χ2v) is 19.9. The van der Waals surface area contributed by atoms with Crippen LogP contribution in [0.3, 0.4) is 0 Å². The van der Waals surface area contributed by atoms with Gasteiger partial charge >= 0.3 is 0 Å². The van der Waals surface area contributed by atoms with Crippen molar-refractivity contribution in [3.63, 3.8) is 0 Å². The molecule has 2 aromatic carbocycles. The van der Waals surface area contributed by atoms with Crippen molar-refractivity contribution in [2.24, 2.45) is 0 Å². The van der Waals surface area contributed by atoms with Crippen molar-refractivity contribution >= 4 is 63.8 Å². The van der Waals surface area contributed by atoms with Crippen molar-refractivity contribution < 1.29 is 61.3 Å². The first-order valence-electron chi connectivity index (χ1n) is 17.0. The summed E-state index contributed by atoms with van der Waals surface area (Å²) in [6.45, 7) is 5.85. The Bertz CT molecular complexity index is 2360. The fraction of sp³-hybridized carbons (Fsp3) is 0.429. The van der Waals surface area contributed by atoms with Gasteiger partial charge in [-0.05, 0) is 82.0 Å². The van der Waals surface area contributed by atoms with Crippen molar-refractivity contribution in [2.75, 3.05) is 29.5 Å². The summed E-state index contributed by atoms with van der Waals surface area (Å²) in [6.07, 6.45) is 11.5. The summed E-state index contributed by atoms with van der Waals surface area (Å²) in [5, 5.41) is 0. The van der Waals surface area contributed by atoms with E-state index in [1.165, 1.54) is 36.4 Å². The SMILES string of the molecule is CC1(C)C(/C=C/C=C/C=C2/N(CCCS(=O)(=O)O)c3ccc(S(=O)(=O)O)cc3C2(C)CCCCC=O)=[N+](CCCS(=O)(=O)O)c2ccc(S(=O)(=O)O)cc21. The zero-order valence-electron chi connectivity index (χ0n) is 30.0. The van der Waals surface area contributed by atoms with Crippen LogP contribution in [0.1, 0.15) is 70.4 Å². The number of hydrogen-bond acceptors (Lipinski definition) is 10. The molecule has 0 saturated carbocycles. The van der Waals surface area contributed by atoms with Crippen LogP contribution in [0.4, 0.5) is 11.4 Å². The molecule has 4 rings (SSSR count). The lowest BCUT2D eigenvalue weighted by molar-refractivity contribution is -0.437. The van der Waals surface area contributed by atoms with Crippen molar-refractivity contribution in [2.45, 2.75) is 79.9 Å². The molecule has 2 heterocycles. The van der Waals surface area contributed by atoms with E-state index >= 15 is 0 Å². The maximum Gasteiger partial charge on any atom is 0.294 e. The highest BCUT2D eigenvalue weighted by Crippen LogP contribution is 2.51. The van der Waals surface area contributed by atoms with Crippen LogP contribution in [0.5, 0.6) is 0 Å². The average Bonchev–Trinajstić information content (AvgIpc) is 3.40. The monoisotopic (exact) mass is 829 g/mol. The third-order valence-electron chi connectivity index (χ3n) is 9.72. The summed E-state index contributed by atoms with van der Waals surface area (Å²) in [6, 6.07) is 8.28. The van der Waals surface area contributed by atoms with Crippen LogP contribution in [0, 0.1) is 0 Å². The molecular formula is C35H45N2O13S4+. The highest BCUT2D eigenvalue weighted by molar-refractivity contribution is 7.86. The molecule has 19 heteroatoms. The predicted octanol–water partition coefficient (Wildman–Crippen LogP) is 4.65. The van der Waals surface area contributed by atoms with Crippen LogP contribution in [0.25, 0.3) is 0 Å². The van der Waals surface area contributed by atoms with Crippen LogP contribution in [-0.4, -0.2) is 93.1 Å². The third kappa shape index (κ3) is 10.2. The van der Waals surface area contributed by atoms with Gasteiger partial charge in [0.2, 0.25) is 5.69 Å². The Balaban J connectivity index is 1.78. The molecule has 0 spiro atoms. The van der Waals surface area contributed by atoms with E-state index in [1.54, 1.807) is 30.4 Å². The molecule has 0 radical (unpaired) electrons. The predicted molar refractivity (Wildman–Crippen MR) is 203 cm³/mol. The number of aldehydes is 1. The maximum absolute atomic E-state index is 12.1. The van der Waals surface area contributed by atoms with E-state index in [2.05, 4.69) is 0 Å². The maximum atomic E-state index is 12.1. The molecule has 4 N–H and O–H groups in total. The van der Waals surface area contributed by atoms with Gasteiger partial charge in [0.1, 0.15) is 12.8 Å². The molecule has 1 atom stereocenters. The lowest BCUT2D eigenvalue weighted by Gasteiger charge is -2.30. The summed E-state index contributed by atoms with van der Waals surface area (Å²) in [4.78, 5) is 12.3. The molecule has 0 fully saturated rings. The van der Waals surface area contributed by atoms with Gasteiger partial charge in [-0.25, -0.2) is 0 Å². The Morgan fingerprint density at radius 3 is 1.91 bits per heavy atom. The van der Waals surface area contributed by atoms with Gasteiger partial charge in [0.05, 0.1) is 26.7 Å². The summed E-state index contributed by atoms with van der Waals surface area (Å²) in [7, 11) is -17.6. The average molecular weight is 830 g/mol. The van der Waals surface area contributed by atoms with Gasteiger partial charge in [0.25, 0.3) is 40.5 Å². The van der Waals surface area contributed by atoms with E-state index in [9.17, 15) is 56.7 Å². The van der Waals surface area contributed by atoms with E-state index in [1.807, 2.05) is 30.2 Å². The number of carbonyl (C=O) groups is 1. The van der Waals surface area contributed by atoms with Gasteiger partial charge in [0.15, 0.2) is 5.71 Å². The number of rotatable bonds is 18. The fourth-order valence-corrected chi connectivity index (χ4v) is 9.13. The number of fused-ring (bicyclic) bond motifs is 2. The minimum absolute atomic E-state index is 0.0289. The molecule has 2 aromatic rings. The smallest absolute Gasteiger partial charge is 0.294 e. The molecule has 54 heavy (non-hydrogen) atoms. The van der Waals surface area contributed by atoms with Gasteiger partial charge in [-0.3, -0.25) is 18.2 Å². The lowest BCUT2D eigenvalue weighted by Crippen LogP contribution is -2.30. The number of nitrogens with zero attached hydrogens (tertiary/aromatic N) is 2. The Kier molecular flexibility index (Phi) is 13.0. The Labute approximate surface area is 316 Å². The molecule has 0 amide bonds. The highest BCUT2D eigenvalue weighted by atomic mass is 32.2. The first-order chi connectivity index (χ1) is 24.9. The van der Waals surface area contributed by atoms with Crippen molar-refractivity contribution in [1.82, 2.24) is 0 Å². The van der Waals surface area contributed by atoms with E-state index in [0.717, 1.165) is 6.29 Å². The first-order valence-corrected chi connectivity index (χ1v) is 23.1. The van der Waals surface area contributed by atoms with Gasteiger partial charge in [-0.2, -0.15) is 38.2 Å². The zero-order valence-corrected chi connectivity index (χ0v) is 33.3. The molecule has 1 unspecified atom stereocenters. The molecule has 15 nitrogen and oxygen atoms in total.